The molecule has 0 atom stereocenters. The Hall–Kier alpha value is -2.41. The normalized spacial score (nSPS) is 11.1. The number of amides is 1. The van der Waals surface area contributed by atoms with E-state index in [2.05, 4.69) is 10.3 Å². The van der Waals surface area contributed by atoms with Crippen LogP contribution in [0.1, 0.15) is 33.4 Å². The van der Waals surface area contributed by atoms with Gasteiger partial charge in [0, 0.05) is 10.9 Å². The van der Waals surface area contributed by atoms with E-state index in [-0.39, 0.29) is 18.9 Å². The molecule has 1 heterocycles. The van der Waals surface area contributed by atoms with Gasteiger partial charge in [-0.05, 0) is 52.0 Å². The van der Waals surface area contributed by atoms with Gasteiger partial charge in [0.25, 0.3) is 0 Å². The molecule has 1 aromatic heterocycles. The van der Waals surface area contributed by atoms with Crippen LogP contribution in [0.15, 0.2) is 29.6 Å². The molecule has 2 aromatic rings. The van der Waals surface area contributed by atoms with Crippen LogP contribution in [0.2, 0.25) is 0 Å². The highest BCUT2D eigenvalue weighted by Gasteiger charge is 2.17. The van der Waals surface area contributed by atoms with E-state index in [4.69, 9.17) is 9.47 Å². The van der Waals surface area contributed by atoms with Crippen molar-refractivity contribution >= 4 is 23.2 Å². The van der Waals surface area contributed by atoms with E-state index in [1.54, 1.807) is 20.8 Å². The van der Waals surface area contributed by atoms with Gasteiger partial charge >= 0.3 is 5.97 Å². The summed E-state index contributed by atoms with van der Waals surface area (Å²) in [5.74, 6) is 0.0909. The molecule has 0 aliphatic rings. The number of hydrogen-bond acceptors (Lipinski definition) is 6. The highest BCUT2D eigenvalue weighted by Crippen LogP contribution is 2.26. The van der Waals surface area contributed by atoms with Crippen LogP contribution < -0.4 is 10.1 Å². The van der Waals surface area contributed by atoms with Crippen molar-refractivity contribution in [3.8, 4) is 16.3 Å². The minimum atomic E-state index is -0.566. The molecule has 0 aliphatic heterocycles. The number of hydrogen-bond donors (Lipinski definition) is 1. The van der Waals surface area contributed by atoms with Crippen molar-refractivity contribution in [3.05, 3.63) is 35.3 Å². The first-order valence-corrected chi connectivity index (χ1v) is 9.31. The van der Waals surface area contributed by atoms with Gasteiger partial charge in [0.1, 0.15) is 22.9 Å². The maximum Gasteiger partial charge on any atom is 0.325 e. The molecule has 6 nitrogen and oxygen atoms in total. The van der Waals surface area contributed by atoms with Crippen LogP contribution in [0.4, 0.5) is 0 Å². The molecule has 0 aliphatic carbocycles. The first-order chi connectivity index (χ1) is 12.3. The van der Waals surface area contributed by atoms with Crippen LogP contribution in [-0.2, 0) is 20.7 Å². The maximum atomic E-state index is 12.0. The number of esters is 1. The Morgan fingerprint density at radius 2 is 1.88 bits per heavy atom. The predicted molar refractivity (Wildman–Crippen MR) is 101 cm³/mol. The van der Waals surface area contributed by atoms with Gasteiger partial charge in [-0.15, -0.1) is 11.3 Å². The Labute approximate surface area is 157 Å². The van der Waals surface area contributed by atoms with Crippen LogP contribution in [0.3, 0.4) is 0 Å². The molecule has 1 N–H and O–H groups in total. The highest BCUT2D eigenvalue weighted by molar-refractivity contribution is 7.13. The van der Waals surface area contributed by atoms with E-state index >= 15 is 0 Å². The predicted octanol–water partition coefficient (Wildman–Crippen LogP) is 3.21. The van der Waals surface area contributed by atoms with Crippen molar-refractivity contribution in [1.82, 2.24) is 10.3 Å². The average molecular weight is 376 g/mol. The Kier molecular flexibility index (Phi) is 6.74. The first kappa shape index (κ1) is 19.9. The van der Waals surface area contributed by atoms with E-state index < -0.39 is 11.6 Å². The fourth-order valence-electron chi connectivity index (χ4n) is 2.16. The third-order valence-corrected chi connectivity index (χ3v) is 4.10. The third kappa shape index (κ3) is 6.48. The van der Waals surface area contributed by atoms with Gasteiger partial charge in [0.15, 0.2) is 0 Å². The lowest BCUT2D eigenvalue weighted by molar-refractivity contribution is -0.154. The number of ether oxygens (including phenoxy) is 2. The largest absolute Gasteiger partial charge is 0.494 e. The zero-order valence-corrected chi connectivity index (χ0v) is 16.3. The van der Waals surface area contributed by atoms with Crippen LogP contribution in [-0.4, -0.2) is 35.6 Å². The lowest BCUT2D eigenvalue weighted by Crippen LogP contribution is -2.35. The zero-order valence-electron chi connectivity index (χ0n) is 15.5. The van der Waals surface area contributed by atoms with Crippen molar-refractivity contribution in [3.63, 3.8) is 0 Å². The molecule has 0 bridgehead atoms. The van der Waals surface area contributed by atoms with Gasteiger partial charge in [-0.2, -0.15) is 0 Å². The lowest BCUT2D eigenvalue weighted by atomic mass is 10.2. The van der Waals surface area contributed by atoms with Crippen molar-refractivity contribution in [2.75, 3.05) is 13.2 Å². The minimum absolute atomic E-state index is 0.121. The number of carbonyl (C=O) groups is 2. The molecule has 7 heteroatoms. The summed E-state index contributed by atoms with van der Waals surface area (Å²) in [5.41, 5.74) is 1.07. The smallest absolute Gasteiger partial charge is 0.325 e. The molecule has 140 valence electrons. The maximum absolute atomic E-state index is 12.0. The summed E-state index contributed by atoms with van der Waals surface area (Å²) in [6, 6.07) is 7.67. The summed E-state index contributed by atoms with van der Waals surface area (Å²) in [6.45, 7) is 7.76. The number of aromatic nitrogens is 1. The molecular formula is C19H24N2O4S. The van der Waals surface area contributed by atoms with E-state index in [1.807, 2.05) is 36.6 Å². The fraction of sp³-hybridized carbons (Fsp3) is 0.421. The summed E-state index contributed by atoms with van der Waals surface area (Å²) in [5, 5.41) is 5.24. The topological polar surface area (TPSA) is 77.5 Å². The van der Waals surface area contributed by atoms with Crippen molar-refractivity contribution in [1.29, 1.82) is 0 Å². The molecule has 1 aromatic carbocycles. The van der Waals surface area contributed by atoms with Gasteiger partial charge in [0.2, 0.25) is 5.91 Å². The highest BCUT2D eigenvalue weighted by atomic mass is 32.1. The average Bonchev–Trinajstić information content (AvgIpc) is 3.01. The van der Waals surface area contributed by atoms with Crippen LogP contribution in [0.25, 0.3) is 10.6 Å². The quantitative estimate of drug-likeness (QED) is 0.751. The van der Waals surface area contributed by atoms with Gasteiger partial charge in [-0.3, -0.25) is 9.59 Å². The summed E-state index contributed by atoms with van der Waals surface area (Å²) in [4.78, 5) is 28.1. The molecule has 0 radical (unpaired) electrons. The number of thiazole rings is 1. The monoisotopic (exact) mass is 376 g/mol. The number of carbonyl (C=O) groups excluding carboxylic acids is 2. The first-order valence-electron chi connectivity index (χ1n) is 8.43. The summed E-state index contributed by atoms with van der Waals surface area (Å²) in [7, 11) is 0. The molecule has 2 rings (SSSR count). The lowest BCUT2D eigenvalue weighted by Gasteiger charge is -2.19. The molecule has 26 heavy (non-hydrogen) atoms. The van der Waals surface area contributed by atoms with E-state index in [0.29, 0.717) is 12.3 Å². The molecule has 0 fully saturated rings. The van der Waals surface area contributed by atoms with Gasteiger partial charge in [-0.25, -0.2) is 4.98 Å². The van der Waals surface area contributed by atoms with Gasteiger partial charge in [0.05, 0.1) is 18.7 Å². The van der Waals surface area contributed by atoms with E-state index in [1.165, 1.54) is 11.3 Å². The van der Waals surface area contributed by atoms with Crippen LogP contribution in [0.5, 0.6) is 5.75 Å². The molecule has 0 unspecified atom stereocenters. The number of benzene rings is 1. The Balaban J connectivity index is 1.87. The summed E-state index contributed by atoms with van der Waals surface area (Å²) < 4.78 is 10.6. The zero-order chi connectivity index (χ0) is 19.2. The second kappa shape index (κ2) is 8.80. The molecule has 0 spiro atoms. The third-order valence-electron chi connectivity index (χ3n) is 3.16. The van der Waals surface area contributed by atoms with Crippen molar-refractivity contribution in [2.24, 2.45) is 0 Å². The SMILES string of the molecule is CCOc1ccc(-c2nc(CC(=O)NCC(=O)OC(C)(C)C)cs2)cc1. The van der Waals surface area contributed by atoms with E-state index in [9.17, 15) is 9.59 Å². The summed E-state index contributed by atoms with van der Waals surface area (Å²) in [6.07, 6.45) is 0.121. The van der Waals surface area contributed by atoms with Crippen molar-refractivity contribution in [2.45, 2.75) is 39.7 Å². The van der Waals surface area contributed by atoms with Crippen LogP contribution >= 0.6 is 11.3 Å². The molecule has 1 amide bonds. The number of nitrogens with zero attached hydrogens (tertiary/aromatic N) is 1. The molecule has 0 saturated carbocycles. The van der Waals surface area contributed by atoms with Gasteiger partial charge in [-0.1, -0.05) is 0 Å². The van der Waals surface area contributed by atoms with Gasteiger partial charge < -0.3 is 14.8 Å². The Morgan fingerprint density at radius 1 is 1.19 bits per heavy atom. The minimum Gasteiger partial charge on any atom is -0.494 e. The molecule has 0 saturated heterocycles. The second-order valence-corrected chi connectivity index (χ2v) is 7.50. The van der Waals surface area contributed by atoms with Crippen LogP contribution in [0, 0.1) is 0 Å². The van der Waals surface area contributed by atoms with E-state index in [0.717, 1.165) is 16.3 Å². The fourth-order valence-corrected chi connectivity index (χ4v) is 2.98. The Bertz CT molecular complexity index is 748. The second-order valence-electron chi connectivity index (χ2n) is 6.64. The standard InChI is InChI=1S/C19H24N2O4S/c1-5-24-15-8-6-13(7-9-15)18-21-14(12-26-18)10-16(22)20-11-17(23)25-19(2,3)4/h6-9,12H,5,10-11H2,1-4H3,(H,20,22). The summed E-state index contributed by atoms with van der Waals surface area (Å²) >= 11 is 1.47. The number of nitrogens with one attached hydrogen (secondary N) is 1. The molecular weight excluding hydrogens is 352 g/mol. The van der Waals surface area contributed by atoms with Crippen molar-refractivity contribution < 1.29 is 19.1 Å². The Morgan fingerprint density at radius 3 is 2.50 bits per heavy atom. The number of rotatable bonds is 7.